The molecule has 0 amide bonds. The van der Waals surface area contributed by atoms with Crippen molar-refractivity contribution in [1.29, 1.82) is 0 Å². The van der Waals surface area contributed by atoms with Crippen molar-refractivity contribution in [3.05, 3.63) is 55.6 Å². The lowest BCUT2D eigenvalue weighted by molar-refractivity contribution is 0.297. The summed E-state index contributed by atoms with van der Waals surface area (Å²) in [7, 11) is 0. The van der Waals surface area contributed by atoms with E-state index in [1.807, 2.05) is 12.1 Å². The fraction of sp³-hybridized carbons (Fsp3) is 0.250. The van der Waals surface area contributed by atoms with Crippen LogP contribution in [0.25, 0.3) is 0 Å². The SMILES string of the molecule is ClC(c1ccc(I)cc1)c1cc2c(cc1Br)OCCCO2. The van der Waals surface area contributed by atoms with Crippen LogP contribution in [0.1, 0.15) is 22.9 Å². The third-order valence-electron chi connectivity index (χ3n) is 3.30. The number of ether oxygens (including phenoxy) is 2. The van der Waals surface area contributed by atoms with Crippen LogP contribution in [-0.4, -0.2) is 13.2 Å². The quantitative estimate of drug-likeness (QED) is 0.416. The second kappa shape index (κ2) is 6.75. The zero-order valence-corrected chi connectivity index (χ0v) is 15.6. The summed E-state index contributed by atoms with van der Waals surface area (Å²) in [5, 5.41) is -0.228. The molecule has 3 rings (SSSR count). The Kier molecular flexibility index (Phi) is 4.96. The lowest BCUT2D eigenvalue weighted by Gasteiger charge is -2.16. The van der Waals surface area contributed by atoms with E-state index in [1.54, 1.807) is 0 Å². The van der Waals surface area contributed by atoms with Crippen molar-refractivity contribution < 1.29 is 9.47 Å². The molecule has 1 unspecified atom stereocenters. The van der Waals surface area contributed by atoms with Gasteiger partial charge in [0, 0.05) is 14.5 Å². The highest BCUT2D eigenvalue weighted by Gasteiger charge is 2.19. The van der Waals surface area contributed by atoms with E-state index in [-0.39, 0.29) is 5.38 Å². The van der Waals surface area contributed by atoms with Crippen LogP contribution in [0.3, 0.4) is 0 Å². The van der Waals surface area contributed by atoms with Crippen LogP contribution in [0, 0.1) is 3.57 Å². The van der Waals surface area contributed by atoms with Gasteiger partial charge in [0.15, 0.2) is 11.5 Å². The highest BCUT2D eigenvalue weighted by Crippen LogP contribution is 2.41. The molecule has 0 fully saturated rings. The third kappa shape index (κ3) is 3.48. The van der Waals surface area contributed by atoms with E-state index < -0.39 is 0 Å². The van der Waals surface area contributed by atoms with Gasteiger partial charge in [-0.15, -0.1) is 11.6 Å². The average Bonchev–Trinajstić information content (AvgIpc) is 2.71. The summed E-state index contributed by atoms with van der Waals surface area (Å²) in [6.45, 7) is 1.35. The third-order valence-corrected chi connectivity index (χ3v) is 5.20. The molecule has 0 aromatic heterocycles. The molecule has 2 nitrogen and oxygen atoms in total. The first-order chi connectivity index (χ1) is 10.1. The van der Waals surface area contributed by atoms with Crippen molar-refractivity contribution >= 4 is 50.1 Å². The van der Waals surface area contributed by atoms with Gasteiger partial charge in [0.25, 0.3) is 0 Å². The summed E-state index contributed by atoms with van der Waals surface area (Å²) in [6.07, 6.45) is 0.892. The summed E-state index contributed by atoms with van der Waals surface area (Å²) >= 11 is 12.5. The van der Waals surface area contributed by atoms with Crippen molar-refractivity contribution in [2.45, 2.75) is 11.8 Å². The van der Waals surface area contributed by atoms with Gasteiger partial charge in [-0.1, -0.05) is 28.1 Å². The molecule has 1 heterocycles. The molecular weight excluding hydrogens is 466 g/mol. The lowest BCUT2D eigenvalue weighted by Crippen LogP contribution is -1.98. The van der Waals surface area contributed by atoms with E-state index in [4.69, 9.17) is 21.1 Å². The Morgan fingerprint density at radius 2 is 1.67 bits per heavy atom. The molecule has 2 aromatic rings. The minimum atomic E-state index is -0.228. The van der Waals surface area contributed by atoms with Gasteiger partial charge in [-0.05, 0) is 58.0 Å². The molecule has 0 bridgehead atoms. The molecule has 0 saturated carbocycles. The minimum Gasteiger partial charge on any atom is -0.490 e. The summed E-state index contributed by atoms with van der Waals surface area (Å²) in [5.41, 5.74) is 2.05. The number of rotatable bonds is 2. The maximum absolute atomic E-state index is 6.64. The van der Waals surface area contributed by atoms with Crippen LogP contribution >= 0.6 is 50.1 Å². The molecule has 110 valence electrons. The Morgan fingerprint density at radius 3 is 2.33 bits per heavy atom. The largest absolute Gasteiger partial charge is 0.490 e. The highest BCUT2D eigenvalue weighted by molar-refractivity contribution is 14.1. The summed E-state index contributed by atoms with van der Waals surface area (Å²) < 4.78 is 13.6. The molecule has 1 aliphatic heterocycles. The molecule has 0 N–H and O–H groups in total. The molecule has 0 spiro atoms. The van der Waals surface area contributed by atoms with Crippen molar-refractivity contribution in [3.8, 4) is 11.5 Å². The molecule has 1 aliphatic rings. The number of alkyl halides is 1. The van der Waals surface area contributed by atoms with Crippen LogP contribution in [0.5, 0.6) is 11.5 Å². The smallest absolute Gasteiger partial charge is 0.162 e. The van der Waals surface area contributed by atoms with Crippen molar-refractivity contribution in [2.75, 3.05) is 13.2 Å². The molecule has 21 heavy (non-hydrogen) atoms. The Labute approximate surface area is 151 Å². The second-order valence-corrected chi connectivity index (χ2v) is 7.32. The van der Waals surface area contributed by atoms with Crippen LogP contribution in [0.2, 0.25) is 0 Å². The zero-order valence-electron chi connectivity index (χ0n) is 11.1. The van der Waals surface area contributed by atoms with Crippen molar-refractivity contribution in [3.63, 3.8) is 0 Å². The maximum atomic E-state index is 6.64. The molecule has 0 radical (unpaired) electrons. The van der Waals surface area contributed by atoms with E-state index in [1.165, 1.54) is 3.57 Å². The van der Waals surface area contributed by atoms with Gasteiger partial charge in [0.2, 0.25) is 0 Å². The number of halogens is 3. The van der Waals surface area contributed by atoms with Gasteiger partial charge in [-0.2, -0.15) is 0 Å². The fourth-order valence-electron chi connectivity index (χ4n) is 2.21. The van der Waals surface area contributed by atoms with Gasteiger partial charge >= 0.3 is 0 Å². The van der Waals surface area contributed by atoms with E-state index >= 15 is 0 Å². The summed E-state index contributed by atoms with van der Waals surface area (Å²) in [5.74, 6) is 1.54. The first-order valence-corrected chi connectivity index (χ1v) is 8.94. The van der Waals surface area contributed by atoms with Gasteiger partial charge in [-0.25, -0.2) is 0 Å². The Hall–Kier alpha value is -0.460. The summed E-state index contributed by atoms with van der Waals surface area (Å²) in [4.78, 5) is 0. The maximum Gasteiger partial charge on any atom is 0.162 e. The average molecular weight is 480 g/mol. The Balaban J connectivity index is 1.97. The van der Waals surface area contributed by atoms with E-state index in [2.05, 4.69) is 62.8 Å². The van der Waals surface area contributed by atoms with Crippen LogP contribution < -0.4 is 9.47 Å². The zero-order chi connectivity index (χ0) is 14.8. The van der Waals surface area contributed by atoms with Crippen LogP contribution in [0.15, 0.2) is 40.9 Å². The first-order valence-electron chi connectivity index (χ1n) is 6.64. The number of fused-ring (bicyclic) bond motifs is 1. The standard InChI is InChI=1S/C16H13BrClIO2/c17-13-9-15-14(20-6-1-7-21-15)8-12(13)16(18)10-2-4-11(19)5-3-10/h2-5,8-9,16H,1,6-7H2. The minimum absolute atomic E-state index is 0.228. The van der Waals surface area contributed by atoms with Crippen molar-refractivity contribution in [2.24, 2.45) is 0 Å². The Bertz CT molecular complexity index is 645. The summed E-state index contributed by atoms with van der Waals surface area (Å²) in [6, 6.07) is 12.1. The van der Waals surface area contributed by atoms with Crippen LogP contribution in [0.4, 0.5) is 0 Å². The number of benzene rings is 2. The molecule has 0 saturated heterocycles. The molecule has 2 aromatic carbocycles. The lowest BCUT2D eigenvalue weighted by atomic mass is 10.0. The fourth-order valence-corrected chi connectivity index (χ4v) is 3.57. The highest BCUT2D eigenvalue weighted by atomic mass is 127. The molecule has 1 atom stereocenters. The predicted molar refractivity (Wildman–Crippen MR) is 96.6 cm³/mol. The van der Waals surface area contributed by atoms with Gasteiger partial charge in [0.05, 0.1) is 18.6 Å². The number of hydrogen-bond donors (Lipinski definition) is 0. The molecule has 0 aliphatic carbocycles. The van der Waals surface area contributed by atoms with Gasteiger partial charge in [0.1, 0.15) is 0 Å². The number of hydrogen-bond acceptors (Lipinski definition) is 2. The monoisotopic (exact) mass is 478 g/mol. The van der Waals surface area contributed by atoms with E-state index in [9.17, 15) is 0 Å². The van der Waals surface area contributed by atoms with E-state index in [0.717, 1.165) is 33.5 Å². The van der Waals surface area contributed by atoms with E-state index in [0.29, 0.717) is 13.2 Å². The second-order valence-electron chi connectivity index (χ2n) is 4.79. The topological polar surface area (TPSA) is 18.5 Å². The van der Waals surface area contributed by atoms with Crippen molar-refractivity contribution in [1.82, 2.24) is 0 Å². The molecule has 5 heteroatoms. The normalized spacial score (nSPS) is 15.4. The Morgan fingerprint density at radius 1 is 1.05 bits per heavy atom. The predicted octanol–water partition coefficient (Wildman–Crippen LogP) is 5.54. The molecular formula is C16H13BrClIO2. The van der Waals surface area contributed by atoms with Crippen LogP contribution in [-0.2, 0) is 0 Å². The van der Waals surface area contributed by atoms with Gasteiger partial charge in [-0.3, -0.25) is 0 Å². The first kappa shape index (κ1) is 15.4. The van der Waals surface area contributed by atoms with Gasteiger partial charge < -0.3 is 9.47 Å².